The molecule has 0 saturated carbocycles. The predicted molar refractivity (Wildman–Crippen MR) is 66.7 cm³/mol. The number of aryl methyl sites for hydroxylation is 1. The Kier molecular flexibility index (Phi) is 3.57. The SMILES string of the molecule is Cc1ccc(C(=O)O)c(NCCn2ccnn2)c1. The number of hydrogen-bond acceptors (Lipinski definition) is 4. The van der Waals surface area contributed by atoms with Crippen molar-refractivity contribution in [1.82, 2.24) is 15.0 Å². The molecule has 0 aliphatic heterocycles. The Labute approximate surface area is 104 Å². The van der Waals surface area contributed by atoms with E-state index in [2.05, 4.69) is 15.6 Å². The molecule has 94 valence electrons. The number of hydrogen-bond donors (Lipinski definition) is 2. The Balaban J connectivity index is 2.03. The lowest BCUT2D eigenvalue weighted by atomic mass is 10.1. The van der Waals surface area contributed by atoms with Crippen molar-refractivity contribution in [2.75, 3.05) is 11.9 Å². The van der Waals surface area contributed by atoms with Crippen molar-refractivity contribution in [2.45, 2.75) is 13.5 Å². The van der Waals surface area contributed by atoms with Gasteiger partial charge in [0.05, 0.1) is 18.3 Å². The molecule has 0 amide bonds. The van der Waals surface area contributed by atoms with Crippen LogP contribution in [-0.4, -0.2) is 32.6 Å². The lowest BCUT2D eigenvalue weighted by molar-refractivity contribution is 0.0698. The number of carbonyl (C=O) groups is 1. The van der Waals surface area contributed by atoms with Gasteiger partial charge >= 0.3 is 5.97 Å². The highest BCUT2D eigenvalue weighted by molar-refractivity contribution is 5.94. The number of benzene rings is 1. The molecule has 0 atom stereocenters. The molecule has 0 unspecified atom stereocenters. The van der Waals surface area contributed by atoms with Crippen LogP contribution in [-0.2, 0) is 6.54 Å². The van der Waals surface area contributed by atoms with Crippen LogP contribution in [0.4, 0.5) is 5.69 Å². The fourth-order valence-corrected chi connectivity index (χ4v) is 1.65. The lowest BCUT2D eigenvalue weighted by Crippen LogP contribution is -2.13. The summed E-state index contributed by atoms with van der Waals surface area (Å²) in [6.45, 7) is 3.15. The molecule has 0 aliphatic rings. The van der Waals surface area contributed by atoms with Gasteiger partial charge in [0.15, 0.2) is 0 Å². The van der Waals surface area contributed by atoms with Crippen molar-refractivity contribution < 1.29 is 9.90 Å². The van der Waals surface area contributed by atoms with E-state index < -0.39 is 5.97 Å². The predicted octanol–water partition coefficient (Wildman–Crippen LogP) is 1.40. The van der Waals surface area contributed by atoms with Gasteiger partial charge in [-0.05, 0) is 24.6 Å². The van der Waals surface area contributed by atoms with Gasteiger partial charge in [-0.2, -0.15) is 0 Å². The summed E-state index contributed by atoms with van der Waals surface area (Å²) < 4.78 is 1.68. The van der Waals surface area contributed by atoms with Gasteiger partial charge in [0.1, 0.15) is 0 Å². The smallest absolute Gasteiger partial charge is 0.337 e. The molecule has 0 spiro atoms. The van der Waals surface area contributed by atoms with E-state index >= 15 is 0 Å². The standard InChI is InChI=1S/C12H14N4O2/c1-9-2-3-10(12(17)18)11(8-9)13-4-6-16-7-5-14-15-16/h2-3,5,7-8,13H,4,6H2,1H3,(H,17,18). The Morgan fingerprint density at radius 1 is 1.50 bits per heavy atom. The van der Waals surface area contributed by atoms with Crippen LogP contribution in [0.3, 0.4) is 0 Å². The molecule has 2 rings (SSSR count). The lowest BCUT2D eigenvalue weighted by Gasteiger charge is -2.10. The van der Waals surface area contributed by atoms with Gasteiger partial charge in [0.25, 0.3) is 0 Å². The van der Waals surface area contributed by atoms with E-state index in [-0.39, 0.29) is 5.56 Å². The molecule has 1 heterocycles. The van der Waals surface area contributed by atoms with Gasteiger partial charge in [-0.25, -0.2) is 4.79 Å². The molecule has 6 heteroatoms. The second-order valence-electron chi connectivity index (χ2n) is 3.95. The van der Waals surface area contributed by atoms with E-state index in [9.17, 15) is 4.79 Å². The topological polar surface area (TPSA) is 80.0 Å². The Morgan fingerprint density at radius 2 is 2.33 bits per heavy atom. The molecule has 0 bridgehead atoms. The van der Waals surface area contributed by atoms with Crippen molar-refractivity contribution in [3.05, 3.63) is 41.7 Å². The summed E-state index contributed by atoms with van der Waals surface area (Å²) in [7, 11) is 0. The third kappa shape index (κ3) is 2.85. The number of aromatic nitrogens is 3. The zero-order chi connectivity index (χ0) is 13.0. The van der Waals surface area contributed by atoms with Crippen molar-refractivity contribution in [3.63, 3.8) is 0 Å². The maximum absolute atomic E-state index is 11.1. The fraction of sp³-hybridized carbons (Fsp3) is 0.250. The molecule has 1 aromatic heterocycles. The largest absolute Gasteiger partial charge is 0.478 e. The second-order valence-corrected chi connectivity index (χ2v) is 3.95. The molecule has 0 aliphatic carbocycles. The van der Waals surface area contributed by atoms with E-state index in [4.69, 9.17) is 5.11 Å². The average Bonchev–Trinajstić information content (AvgIpc) is 2.82. The second kappa shape index (κ2) is 5.31. The van der Waals surface area contributed by atoms with Crippen LogP contribution in [0.5, 0.6) is 0 Å². The molecule has 1 aromatic carbocycles. The summed E-state index contributed by atoms with van der Waals surface area (Å²) in [5.41, 5.74) is 1.92. The van der Waals surface area contributed by atoms with E-state index in [0.29, 0.717) is 18.8 Å². The molecule has 2 aromatic rings. The van der Waals surface area contributed by atoms with Gasteiger partial charge in [0, 0.05) is 18.4 Å². The van der Waals surface area contributed by atoms with Crippen LogP contribution in [0.15, 0.2) is 30.6 Å². The summed E-state index contributed by atoms with van der Waals surface area (Å²) in [6.07, 6.45) is 3.37. The molecule has 6 nitrogen and oxygen atoms in total. The molecule has 0 saturated heterocycles. The van der Waals surface area contributed by atoms with Gasteiger partial charge in [0.2, 0.25) is 0 Å². The van der Waals surface area contributed by atoms with Gasteiger partial charge < -0.3 is 10.4 Å². The molecule has 2 N–H and O–H groups in total. The number of carboxylic acid groups (broad SMARTS) is 1. The van der Waals surface area contributed by atoms with Crippen LogP contribution in [0.1, 0.15) is 15.9 Å². The van der Waals surface area contributed by atoms with Crippen LogP contribution in [0.25, 0.3) is 0 Å². The summed E-state index contributed by atoms with van der Waals surface area (Å²) in [6, 6.07) is 5.21. The highest BCUT2D eigenvalue weighted by atomic mass is 16.4. The van der Waals surface area contributed by atoms with E-state index in [0.717, 1.165) is 5.56 Å². The average molecular weight is 246 g/mol. The highest BCUT2D eigenvalue weighted by Gasteiger charge is 2.09. The Bertz CT molecular complexity index is 537. The normalized spacial score (nSPS) is 10.3. The van der Waals surface area contributed by atoms with E-state index in [1.165, 1.54) is 0 Å². The number of carboxylic acids is 1. The molecular weight excluding hydrogens is 232 g/mol. The van der Waals surface area contributed by atoms with E-state index in [1.54, 1.807) is 29.2 Å². The van der Waals surface area contributed by atoms with Crippen molar-refractivity contribution in [3.8, 4) is 0 Å². The first-order valence-electron chi connectivity index (χ1n) is 5.59. The minimum atomic E-state index is -0.932. The number of rotatable bonds is 5. The molecular formula is C12H14N4O2. The number of aromatic carboxylic acids is 1. The maximum atomic E-state index is 11.1. The maximum Gasteiger partial charge on any atom is 0.337 e. The quantitative estimate of drug-likeness (QED) is 0.833. The van der Waals surface area contributed by atoms with Crippen LogP contribution >= 0.6 is 0 Å². The van der Waals surface area contributed by atoms with Crippen LogP contribution < -0.4 is 5.32 Å². The fourth-order valence-electron chi connectivity index (χ4n) is 1.65. The third-order valence-corrected chi connectivity index (χ3v) is 2.53. The van der Waals surface area contributed by atoms with Crippen molar-refractivity contribution in [1.29, 1.82) is 0 Å². The summed E-state index contributed by atoms with van der Waals surface area (Å²) in [4.78, 5) is 11.1. The van der Waals surface area contributed by atoms with Gasteiger partial charge in [-0.1, -0.05) is 11.3 Å². The number of nitrogens with zero attached hydrogens (tertiary/aromatic N) is 3. The first-order valence-corrected chi connectivity index (χ1v) is 5.59. The van der Waals surface area contributed by atoms with Crippen LogP contribution in [0, 0.1) is 6.92 Å². The summed E-state index contributed by atoms with van der Waals surface area (Å²) >= 11 is 0. The monoisotopic (exact) mass is 246 g/mol. The summed E-state index contributed by atoms with van der Waals surface area (Å²) in [5, 5.41) is 19.7. The zero-order valence-corrected chi connectivity index (χ0v) is 10.00. The minimum Gasteiger partial charge on any atom is -0.478 e. The molecule has 0 fully saturated rings. The molecule has 0 radical (unpaired) electrons. The minimum absolute atomic E-state index is 0.277. The Morgan fingerprint density at radius 3 is 3.00 bits per heavy atom. The highest BCUT2D eigenvalue weighted by Crippen LogP contribution is 2.17. The zero-order valence-electron chi connectivity index (χ0n) is 10.00. The van der Waals surface area contributed by atoms with Crippen molar-refractivity contribution >= 4 is 11.7 Å². The van der Waals surface area contributed by atoms with E-state index in [1.807, 2.05) is 13.0 Å². The molecule has 18 heavy (non-hydrogen) atoms. The van der Waals surface area contributed by atoms with Crippen molar-refractivity contribution in [2.24, 2.45) is 0 Å². The first kappa shape index (κ1) is 12.1. The number of nitrogens with one attached hydrogen (secondary N) is 1. The third-order valence-electron chi connectivity index (χ3n) is 2.53. The first-order chi connectivity index (χ1) is 8.66. The summed E-state index contributed by atoms with van der Waals surface area (Å²) in [5.74, 6) is -0.932. The van der Waals surface area contributed by atoms with Gasteiger partial charge in [-0.3, -0.25) is 4.68 Å². The number of anilines is 1. The van der Waals surface area contributed by atoms with Gasteiger partial charge in [-0.15, -0.1) is 5.10 Å². The Hall–Kier alpha value is -2.37. The van der Waals surface area contributed by atoms with Crippen LogP contribution in [0.2, 0.25) is 0 Å².